The minimum absolute atomic E-state index is 0.0977. The molecule has 0 aromatic heterocycles. The van der Waals surface area contributed by atoms with E-state index in [-0.39, 0.29) is 12.5 Å². The predicted molar refractivity (Wildman–Crippen MR) is 75.0 cm³/mol. The standard InChI is InChI=1S/C16H23NO2/c18-11-16(19)12-5-7-17(8-6-12)15-9-13-3-1-2-4-14(13)10-15/h1-4,12,15-16,18-19H,5-11H2. The van der Waals surface area contributed by atoms with Crippen molar-refractivity contribution in [3.8, 4) is 0 Å². The lowest BCUT2D eigenvalue weighted by Gasteiger charge is -2.37. The minimum Gasteiger partial charge on any atom is -0.394 e. The summed E-state index contributed by atoms with van der Waals surface area (Å²) in [6.45, 7) is 2.01. The number of fused-ring (bicyclic) bond motifs is 1. The normalized spacial score (nSPS) is 23.5. The van der Waals surface area contributed by atoms with Gasteiger partial charge >= 0.3 is 0 Å². The van der Waals surface area contributed by atoms with Gasteiger partial charge in [-0.25, -0.2) is 0 Å². The lowest BCUT2D eigenvalue weighted by Crippen LogP contribution is -2.44. The summed E-state index contributed by atoms with van der Waals surface area (Å²) in [5.41, 5.74) is 3.01. The Morgan fingerprint density at radius 2 is 1.68 bits per heavy atom. The minimum atomic E-state index is -0.525. The largest absolute Gasteiger partial charge is 0.394 e. The number of aliphatic hydroxyl groups excluding tert-OH is 2. The van der Waals surface area contributed by atoms with Gasteiger partial charge in [-0.2, -0.15) is 0 Å². The Kier molecular flexibility index (Phi) is 3.87. The average molecular weight is 261 g/mol. The lowest BCUT2D eigenvalue weighted by atomic mass is 9.90. The van der Waals surface area contributed by atoms with E-state index in [1.54, 1.807) is 0 Å². The van der Waals surface area contributed by atoms with E-state index in [2.05, 4.69) is 29.2 Å². The van der Waals surface area contributed by atoms with Crippen LogP contribution < -0.4 is 0 Å². The van der Waals surface area contributed by atoms with Gasteiger partial charge in [0.15, 0.2) is 0 Å². The van der Waals surface area contributed by atoms with Crippen LogP contribution in [-0.2, 0) is 12.8 Å². The number of hydrogen-bond donors (Lipinski definition) is 2. The average Bonchev–Trinajstić information content (AvgIpc) is 2.90. The summed E-state index contributed by atoms with van der Waals surface area (Å²) in [5, 5.41) is 18.7. The Morgan fingerprint density at radius 3 is 2.21 bits per heavy atom. The van der Waals surface area contributed by atoms with E-state index in [9.17, 15) is 5.11 Å². The van der Waals surface area contributed by atoms with Crippen molar-refractivity contribution in [3.63, 3.8) is 0 Å². The van der Waals surface area contributed by atoms with E-state index in [0.29, 0.717) is 6.04 Å². The third-order valence-corrected chi connectivity index (χ3v) is 4.85. The first kappa shape index (κ1) is 13.1. The zero-order valence-corrected chi connectivity index (χ0v) is 11.3. The van der Waals surface area contributed by atoms with Gasteiger partial charge in [-0.3, -0.25) is 4.90 Å². The number of rotatable bonds is 3. The van der Waals surface area contributed by atoms with E-state index in [0.717, 1.165) is 25.9 Å². The van der Waals surface area contributed by atoms with Gasteiger partial charge in [0.05, 0.1) is 12.7 Å². The van der Waals surface area contributed by atoms with Crippen molar-refractivity contribution in [1.82, 2.24) is 4.90 Å². The van der Waals surface area contributed by atoms with Gasteiger partial charge in [0.2, 0.25) is 0 Å². The number of likely N-dealkylation sites (tertiary alicyclic amines) is 1. The van der Waals surface area contributed by atoms with Crippen LogP contribution in [0, 0.1) is 5.92 Å². The molecule has 1 aliphatic heterocycles. The molecule has 1 atom stereocenters. The Morgan fingerprint density at radius 1 is 1.11 bits per heavy atom. The van der Waals surface area contributed by atoms with Crippen molar-refractivity contribution < 1.29 is 10.2 Å². The highest BCUT2D eigenvalue weighted by molar-refractivity contribution is 5.33. The van der Waals surface area contributed by atoms with Gasteiger partial charge in [0.1, 0.15) is 0 Å². The highest BCUT2D eigenvalue weighted by atomic mass is 16.3. The molecule has 0 spiro atoms. The molecule has 0 radical (unpaired) electrons. The maximum atomic E-state index is 9.71. The topological polar surface area (TPSA) is 43.7 Å². The van der Waals surface area contributed by atoms with Crippen molar-refractivity contribution in [2.24, 2.45) is 5.92 Å². The fraction of sp³-hybridized carbons (Fsp3) is 0.625. The van der Waals surface area contributed by atoms with Crippen molar-refractivity contribution in [2.45, 2.75) is 37.8 Å². The molecule has 0 amide bonds. The number of benzene rings is 1. The van der Waals surface area contributed by atoms with Crippen LogP contribution in [0.1, 0.15) is 24.0 Å². The molecule has 1 saturated heterocycles. The first-order valence-electron chi connectivity index (χ1n) is 7.37. The Balaban J connectivity index is 1.56. The molecule has 1 heterocycles. The molecule has 0 bridgehead atoms. The van der Waals surface area contributed by atoms with Crippen molar-refractivity contribution in [3.05, 3.63) is 35.4 Å². The highest BCUT2D eigenvalue weighted by Gasteiger charge is 2.31. The summed E-state index contributed by atoms with van der Waals surface area (Å²) in [6.07, 6.45) is 3.83. The summed E-state index contributed by atoms with van der Waals surface area (Å²) in [4.78, 5) is 2.57. The van der Waals surface area contributed by atoms with E-state index in [1.165, 1.54) is 24.0 Å². The van der Waals surface area contributed by atoms with Gasteiger partial charge in [0.25, 0.3) is 0 Å². The first-order valence-corrected chi connectivity index (χ1v) is 7.37. The second-order valence-corrected chi connectivity index (χ2v) is 5.95. The molecule has 2 aliphatic rings. The first-order chi connectivity index (χ1) is 9.28. The van der Waals surface area contributed by atoms with Gasteiger partial charge in [-0.1, -0.05) is 24.3 Å². The molecule has 2 N–H and O–H groups in total. The highest BCUT2D eigenvalue weighted by Crippen LogP contribution is 2.29. The maximum Gasteiger partial charge on any atom is 0.0799 e. The van der Waals surface area contributed by atoms with Gasteiger partial charge in [-0.05, 0) is 55.8 Å². The van der Waals surface area contributed by atoms with Crippen LogP contribution >= 0.6 is 0 Å². The molecule has 104 valence electrons. The summed E-state index contributed by atoms with van der Waals surface area (Å²) in [5.74, 6) is 0.282. The molecule has 3 heteroatoms. The zero-order chi connectivity index (χ0) is 13.2. The van der Waals surface area contributed by atoms with E-state index < -0.39 is 6.10 Å². The Labute approximate surface area is 114 Å². The molecule has 3 rings (SSSR count). The summed E-state index contributed by atoms with van der Waals surface area (Å²) >= 11 is 0. The second kappa shape index (κ2) is 5.61. The number of hydrogen-bond acceptors (Lipinski definition) is 3. The van der Waals surface area contributed by atoms with E-state index in [4.69, 9.17) is 5.11 Å². The SMILES string of the molecule is OCC(O)C1CCN(C2Cc3ccccc3C2)CC1. The Bertz CT molecular complexity index is 402. The van der Waals surface area contributed by atoms with E-state index >= 15 is 0 Å². The van der Waals surface area contributed by atoms with Crippen LogP contribution in [0.4, 0.5) is 0 Å². The molecule has 1 aromatic rings. The second-order valence-electron chi connectivity index (χ2n) is 5.95. The van der Waals surface area contributed by atoms with Gasteiger partial charge in [0, 0.05) is 6.04 Å². The molecule has 1 unspecified atom stereocenters. The Hall–Kier alpha value is -0.900. The van der Waals surface area contributed by atoms with Crippen LogP contribution in [0.15, 0.2) is 24.3 Å². The van der Waals surface area contributed by atoms with Crippen LogP contribution in [-0.4, -0.2) is 47.0 Å². The molecule has 3 nitrogen and oxygen atoms in total. The molecule has 19 heavy (non-hydrogen) atoms. The van der Waals surface area contributed by atoms with Crippen LogP contribution in [0.25, 0.3) is 0 Å². The predicted octanol–water partition coefficient (Wildman–Crippen LogP) is 1.22. The summed E-state index contributed by atoms with van der Waals surface area (Å²) < 4.78 is 0. The monoisotopic (exact) mass is 261 g/mol. The molecular weight excluding hydrogens is 238 g/mol. The maximum absolute atomic E-state index is 9.71. The molecule has 1 aromatic carbocycles. The lowest BCUT2D eigenvalue weighted by molar-refractivity contribution is 0.0117. The third-order valence-electron chi connectivity index (χ3n) is 4.85. The number of nitrogens with zero attached hydrogens (tertiary/aromatic N) is 1. The smallest absolute Gasteiger partial charge is 0.0799 e. The molecule has 1 aliphatic carbocycles. The van der Waals surface area contributed by atoms with Crippen LogP contribution in [0.2, 0.25) is 0 Å². The molecule has 1 fully saturated rings. The fourth-order valence-corrected chi connectivity index (χ4v) is 3.61. The van der Waals surface area contributed by atoms with Crippen molar-refractivity contribution in [1.29, 1.82) is 0 Å². The quantitative estimate of drug-likeness (QED) is 0.860. The van der Waals surface area contributed by atoms with Crippen LogP contribution in [0.5, 0.6) is 0 Å². The van der Waals surface area contributed by atoms with Gasteiger partial charge < -0.3 is 10.2 Å². The third kappa shape index (κ3) is 2.69. The number of piperidine rings is 1. The van der Waals surface area contributed by atoms with Crippen LogP contribution in [0.3, 0.4) is 0 Å². The zero-order valence-electron chi connectivity index (χ0n) is 11.3. The molecule has 0 saturated carbocycles. The van der Waals surface area contributed by atoms with Gasteiger partial charge in [-0.15, -0.1) is 0 Å². The summed E-state index contributed by atoms with van der Waals surface area (Å²) in [6, 6.07) is 9.40. The molecular formula is C16H23NO2. The van der Waals surface area contributed by atoms with E-state index in [1.807, 2.05) is 0 Å². The fourth-order valence-electron chi connectivity index (χ4n) is 3.61. The van der Waals surface area contributed by atoms with Crippen molar-refractivity contribution in [2.75, 3.05) is 19.7 Å². The van der Waals surface area contributed by atoms with Crippen molar-refractivity contribution >= 4 is 0 Å². The summed E-state index contributed by atoms with van der Waals surface area (Å²) in [7, 11) is 0. The number of aliphatic hydroxyl groups is 2.